The Labute approximate surface area is 129 Å². The van der Waals surface area contributed by atoms with Crippen LogP contribution >= 0.6 is 11.5 Å². The molecule has 0 spiro atoms. The Morgan fingerprint density at radius 1 is 1.24 bits per heavy atom. The number of hydrogen-bond acceptors (Lipinski definition) is 5. The van der Waals surface area contributed by atoms with Crippen molar-refractivity contribution < 1.29 is 4.79 Å². The third-order valence-electron chi connectivity index (χ3n) is 2.87. The van der Waals surface area contributed by atoms with E-state index in [1.54, 1.807) is 6.92 Å². The summed E-state index contributed by atoms with van der Waals surface area (Å²) in [6, 6.07) is 9.00. The molecule has 0 aliphatic heterocycles. The van der Waals surface area contributed by atoms with Crippen LogP contribution in [0.5, 0.6) is 0 Å². The van der Waals surface area contributed by atoms with Crippen molar-refractivity contribution in [3.63, 3.8) is 0 Å². The zero-order valence-corrected chi connectivity index (χ0v) is 13.5. The van der Waals surface area contributed by atoms with Gasteiger partial charge in [-0.05, 0) is 19.1 Å². The van der Waals surface area contributed by atoms with Gasteiger partial charge in [0.2, 0.25) is 11.0 Å². The first-order chi connectivity index (χ1) is 9.86. The van der Waals surface area contributed by atoms with Gasteiger partial charge in [-0.1, -0.05) is 39.0 Å². The van der Waals surface area contributed by atoms with Crippen LogP contribution in [0.4, 0.5) is 10.8 Å². The number of nitrogens with zero attached hydrogens (tertiary/aromatic N) is 2. The third kappa shape index (κ3) is 4.26. The van der Waals surface area contributed by atoms with Gasteiger partial charge in [0.1, 0.15) is 11.9 Å². The normalized spacial score (nSPS) is 12.8. The van der Waals surface area contributed by atoms with E-state index in [2.05, 4.69) is 40.8 Å². The van der Waals surface area contributed by atoms with Gasteiger partial charge in [-0.15, -0.1) is 0 Å². The van der Waals surface area contributed by atoms with Crippen LogP contribution in [0, 0.1) is 0 Å². The molecule has 1 unspecified atom stereocenters. The summed E-state index contributed by atoms with van der Waals surface area (Å²) in [6.45, 7) is 7.98. The Kier molecular flexibility index (Phi) is 4.57. The molecule has 0 saturated carbocycles. The number of rotatable bonds is 4. The monoisotopic (exact) mass is 304 g/mol. The van der Waals surface area contributed by atoms with Gasteiger partial charge in [-0.3, -0.25) is 4.79 Å². The number of hydrogen-bond donors (Lipinski definition) is 2. The number of carbonyl (C=O) groups is 1. The summed E-state index contributed by atoms with van der Waals surface area (Å²) in [7, 11) is 0. The van der Waals surface area contributed by atoms with E-state index in [-0.39, 0.29) is 17.4 Å². The average Bonchev–Trinajstić information content (AvgIpc) is 2.88. The first-order valence-electron chi connectivity index (χ1n) is 6.83. The molecule has 1 atom stereocenters. The highest BCUT2D eigenvalue weighted by Gasteiger charge is 2.21. The fraction of sp³-hybridized carbons (Fsp3) is 0.400. The fourth-order valence-electron chi connectivity index (χ4n) is 1.61. The van der Waals surface area contributed by atoms with E-state index in [4.69, 9.17) is 0 Å². The Morgan fingerprint density at radius 2 is 1.90 bits per heavy atom. The molecule has 0 fully saturated rings. The SMILES string of the molecule is CC(Nc1nc(C(C)(C)C)ns1)C(=O)Nc1ccccc1. The van der Waals surface area contributed by atoms with Crippen molar-refractivity contribution >= 4 is 28.3 Å². The quantitative estimate of drug-likeness (QED) is 0.909. The Morgan fingerprint density at radius 3 is 2.48 bits per heavy atom. The molecule has 0 aliphatic carbocycles. The number of amides is 1. The zero-order valence-electron chi connectivity index (χ0n) is 12.7. The molecule has 6 heteroatoms. The second-order valence-corrected chi connectivity index (χ2v) is 6.65. The van der Waals surface area contributed by atoms with E-state index in [1.165, 1.54) is 11.5 Å². The third-order valence-corrected chi connectivity index (χ3v) is 3.52. The van der Waals surface area contributed by atoms with Crippen LogP contribution in [0.2, 0.25) is 0 Å². The Hall–Kier alpha value is -1.95. The van der Waals surface area contributed by atoms with Crippen LogP contribution in [0.25, 0.3) is 0 Å². The lowest BCUT2D eigenvalue weighted by molar-refractivity contribution is -0.116. The van der Waals surface area contributed by atoms with Gasteiger partial charge in [0.05, 0.1) is 0 Å². The van der Waals surface area contributed by atoms with E-state index < -0.39 is 0 Å². The highest BCUT2D eigenvalue weighted by atomic mass is 32.1. The minimum absolute atomic E-state index is 0.0913. The zero-order chi connectivity index (χ0) is 15.5. The van der Waals surface area contributed by atoms with Crippen molar-refractivity contribution in [3.05, 3.63) is 36.2 Å². The molecule has 1 aromatic heterocycles. The topological polar surface area (TPSA) is 66.9 Å². The van der Waals surface area contributed by atoms with Crippen molar-refractivity contribution in [2.75, 3.05) is 10.6 Å². The second-order valence-electron chi connectivity index (χ2n) is 5.89. The summed E-state index contributed by atoms with van der Waals surface area (Å²) in [4.78, 5) is 16.5. The van der Waals surface area contributed by atoms with Crippen LogP contribution in [-0.4, -0.2) is 21.3 Å². The summed E-state index contributed by atoms with van der Waals surface area (Å²) >= 11 is 1.28. The lowest BCUT2D eigenvalue weighted by Crippen LogP contribution is -2.31. The largest absolute Gasteiger partial charge is 0.349 e. The number of anilines is 2. The maximum absolute atomic E-state index is 12.1. The standard InChI is InChI=1S/C15H20N4OS/c1-10(12(20)17-11-8-6-5-7-9-11)16-14-18-13(19-21-14)15(2,3)4/h5-10H,1-4H3,(H,17,20)(H,16,18,19). The molecule has 5 nitrogen and oxygen atoms in total. The molecule has 0 saturated heterocycles. The van der Waals surface area contributed by atoms with Crippen molar-refractivity contribution in [1.82, 2.24) is 9.36 Å². The highest BCUT2D eigenvalue weighted by molar-refractivity contribution is 7.09. The summed E-state index contributed by atoms with van der Waals surface area (Å²) < 4.78 is 4.32. The van der Waals surface area contributed by atoms with Crippen molar-refractivity contribution in [2.24, 2.45) is 0 Å². The van der Waals surface area contributed by atoms with Gasteiger partial charge in [-0.25, -0.2) is 4.98 Å². The molecule has 1 aromatic carbocycles. The molecule has 2 rings (SSSR count). The average molecular weight is 304 g/mol. The van der Waals surface area contributed by atoms with E-state index in [9.17, 15) is 4.79 Å². The lowest BCUT2D eigenvalue weighted by Gasteiger charge is -2.14. The predicted octanol–water partition coefficient (Wildman–Crippen LogP) is 3.27. The van der Waals surface area contributed by atoms with Crippen LogP contribution in [0.1, 0.15) is 33.5 Å². The minimum atomic E-state index is -0.383. The van der Waals surface area contributed by atoms with Gasteiger partial charge in [0.25, 0.3) is 0 Å². The summed E-state index contributed by atoms with van der Waals surface area (Å²) in [5.41, 5.74) is 0.690. The molecular weight excluding hydrogens is 284 g/mol. The van der Waals surface area contributed by atoms with Crippen molar-refractivity contribution in [1.29, 1.82) is 0 Å². The lowest BCUT2D eigenvalue weighted by atomic mass is 9.96. The molecule has 21 heavy (non-hydrogen) atoms. The molecule has 1 heterocycles. The van der Waals surface area contributed by atoms with Gasteiger partial charge >= 0.3 is 0 Å². The number of nitrogens with one attached hydrogen (secondary N) is 2. The van der Waals surface area contributed by atoms with Crippen LogP contribution in [-0.2, 0) is 10.2 Å². The maximum Gasteiger partial charge on any atom is 0.246 e. The molecule has 2 N–H and O–H groups in total. The minimum Gasteiger partial charge on any atom is -0.349 e. The van der Waals surface area contributed by atoms with Crippen molar-refractivity contribution in [3.8, 4) is 0 Å². The number of para-hydroxylation sites is 1. The van der Waals surface area contributed by atoms with Crippen LogP contribution in [0.15, 0.2) is 30.3 Å². The van der Waals surface area contributed by atoms with Gasteiger partial charge in [0.15, 0.2) is 0 Å². The summed E-state index contributed by atoms with van der Waals surface area (Å²) in [5.74, 6) is 0.680. The molecule has 0 bridgehead atoms. The summed E-state index contributed by atoms with van der Waals surface area (Å²) in [6.07, 6.45) is 0. The summed E-state index contributed by atoms with van der Waals surface area (Å²) in [5, 5.41) is 6.60. The van der Waals surface area contributed by atoms with Gasteiger partial charge < -0.3 is 10.6 Å². The molecule has 0 aliphatic rings. The van der Waals surface area contributed by atoms with E-state index in [0.717, 1.165) is 11.5 Å². The molecule has 112 valence electrons. The highest BCUT2D eigenvalue weighted by Crippen LogP contribution is 2.23. The van der Waals surface area contributed by atoms with E-state index in [0.29, 0.717) is 5.13 Å². The van der Waals surface area contributed by atoms with Crippen LogP contribution < -0.4 is 10.6 Å². The van der Waals surface area contributed by atoms with Gasteiger partial charge in [-0.2, -0.15) is 4.37 Å². The number of aromatic nitrogens is 2. The first kappa shape index (κ1) is 15.4. The predicted molar refractivity (Wildman–Crippen MR) is 86.8 cm³/mol. The van der Waals surface area contributed by atoms with Gasteiger partial charge in [0, 0.05) is 22.6 Å². The Balaban J connectivity index is 1.96. The number of benzene rings is 1. The van der Waals surface area contributed by atoms with Crippen LogP contribution in [0.3, 0.4) is 0 Å². The maximum atomic E-state index is 12.1. The van der Waals surface area contributed by atoms with E-state index >= 15 is 0 Å². The molecule has 0 radical (unpaired) electrons. The number of carbonyl (C=O) groups excluding carboxylic acids is 1. The van der Waals surface area contributed by atoms with E-state index in [1.807, 2.05) is 30.3 Å². The fourth-order valence-corrected chi connectivity index (χ4v) is 2.45. The second kappa shape index (κ2) is 6.22. The molecule has 1 amide bonds. The Bertz CT molecular complexity index is 604. The smallest absolute Gasteiger partial charge is 0.246 e. The molecule has 2 aromatic rings. The van der Waals surface area contributed by atoms with Crippen molar-refractivity contribution in [2.45, 2.75) is 39.2 Å². The molecular formula is C15H20N4OS. The first-order valence-corrected chi connectivity index (χ1v) is 7.60.